The Morgan fingerprint density at radius 1 is 0.962 bits per heavy atom. The van der Waals surface area contributed by atoms with Crippen molar-refractivity contribution in [3.05, 3.63) is 64.7 Å². The predicted octanol–water partition coefficient (Wildman–Crippen LogP) is 3.00. The minimum absolute atomic E-state index is 0.0564. The maximum absolute atomic E-state index is 12.7. The average Bonchev–Trinajstić information content (AvgIpc) is 2.64. The van der Waals surface area contributed by atoms with Crippen LogP contribution in [0.15, 0.2) is 48.5 Å². The first-order valence-corrected chi connectivity index (χ1v) is 10.5. The van der Waals surface area contributed by atoms with Crippen molar-refractivity contribution in [1.29, 1.82) is 0 Å². The van der Waals surface area contributed by atoms with Gasteiger partial charge in [-0.2, -0.15) is 4.31 Å². The highest BCUT2D eigenvalue weighted by Gasteiger charge is 2.27. The van der Waals surface area contributed by atoms with Crippen LogP contribution in [0.5, 0.6) is 5.75 Å². The van der Waals surface area contributed by atoms with Gasteiger partial charge < -0.3 is 4.74 Å². The van der Waals surface area contributed by atoms with Gasteiger partial charge >= 0.3 is 0 Å². The standard InChI is InChI=1S/C19H23ClN2O3S/c1-25-19-9-5-3-6-16(19)14-21-10-12-22(13-11-21)26(23,24)15-17-7-2-4-8-18(17)20/h2-9H,10-15H2,1H3. The number of halogens is 1. The van der Waals surface area contributed by atoms with E-state index in [9.17, 15) is 8.42 Å². The normalized spacial score (nSPS) is 16.5. The van der Waals surface area contributed by atoms with Crippen LogP contribution in [0.25, 0.3) is 0 Å². The minimum atomic E-state index is -3.37. The first-order chi connectivity index (χ1) is 12.5. The highest BCUT2D eigenvalue weighted by Crippen LogP contribution is 2.22. The number of piperazine rings is 1. The lowest BCUT2D eigenvalue weighted by molar-refractivity contribution is 0.180. The maximum atomic E-state index is 12.7. The van der Waals surface area contributed by atoms with Crippen LogP contribution < -0.4 is 4.74 Å². The molecule has 0 unspecified atom stereocenters. The lowest BCUT2D eigenvalue weighted by Gasteiger charge is -2.34. The molecule has 0 spiro atoms. The minimum Gasteiger partial charge on any atom is -0.496 e. The van der Waals surface area contributed by atoms with Crippen molar-refractivity contribution >= 4 is 21.6 Å². The van der Waals surface area contributed by atoms with E-state index >= 15 is 0 Å². The van der Waals surface area contributed by atoms with Crippen molar-refractivity contribution in [2.45, 2.75) is 12.3 Å². The monoisotopic (exact) mass is 394 g/mol. The summed E-state index contributed by atoms with van der Waals surface area (Å²) in [5.74, 6) is 0.806. The van der Waals surface area contributed by atoms with Gasteiger partial charge in [-0.05, 0) is 17.7 Å². The summed E-state index contributed by atoms with van der Waals surface area (Å²) in [6, 6.07) is 15.0. The Balaban J connectivity index is 1.60. The molecule has 0 N–H and O–H groups in total. The lowest BCUT2D eigenvalue weighted by Crippen LogP contribution is -2.48. The van der Waals surface area contributed by atoms with Gasteiger partial charge in [-0.15, -0.1) is 0 Å². The van der Waals surface area contributed by atoms with Crippen molar-refractivity contribution in [1.82, 2.24) is 9.21 Å². The van der Waals surface area contributed by atoms with E-state index in [0.29, 0.717) is 36.8 Å². The number of nitrogens with zero attached hydrogens (tertiary/aromatic N) is 2. The van der Waals surface area contributed by atoms with Gasteiger partial charge in [-0.1, -0.05) is 48.0 Å². The molecular formula is C19H23ClN2O3S. The van der Waals surface area contributed by atoms with Crippen molar-refractivity contribution in [2.75, 3.05) is 33.3 Å². The zero-order valence-electron chi connectivity index (χ0n) is 14.8. The largest absolute Gasteiger partial charge is 0.496 e. The van der Waals surface area contributed by atoms with E-state index in [1.807, 2.05) is 30.3 Å². The first kappa shape index (κ1) is 19.2. The number of hydrogen-bond acceptors (Lipinski definition) is 4. The third-order valence-electron chi connectivity index (χ3n) is 4.61. The molecule has 0 radical (unpaired) electrons. The summed E-state index contributed by atoms with van der Waals surface area (Å²) in [5, 5.41) is 0.492. The van der Waals surface area contributed by atoms with Crippen LogP contribution in [0.4, 0.5) is 0 Å². The maximum Gasteiger partial charge on any atom is 0.218 e. The molecule has 1 saturated heterocycles. The first-order valence-electron chi connectivity index (χ1n) is 8.55. The van der Waals surface area contributed by atoms with Gasteiger partial charge in [-0.3, -0.25) is 4.90 Å². The van der Waals surface area contributed by atoms with Gasteiger partial charge in [0.05, 0.1) is 12.9 Å². The Labute approximate surface area is 160 Å². The van der Waals surface area contributed by atoms with E-state index in [4.69, 9.17) is 16.3 Å². The fourth-order valence-corrected chi connectivity index (χ4v) is 4.97. The molecule has 0 atom stereocenters. The molecule has 1 aliphatic heterocycles. The number of sulfonamides is 1. The fraction of sp³-hybridized carbons (Fsp3) is 0.368. The van der Waals surface area contributed by atoms with Gasteiger partial charge in [-0.25, -0.2) is 8.42 Å². The zero-order valence-corrected chi connectivity index (χ0v) is 16.3. The number of benzene rings is 2. The van der Waals surface area contributed by atoms with Crippen molar-refractivity contribution in [3.63, 3.8) is 0 Å². The topological polar surface area (TPSA) is 49.9 Å². The van der Waals surface area contributed by atoms with Crippen LogP contribution in [0.1, 0.15) is 11.1 Å². The van der Waals surface area contributed by atoms with Gasteiger partial charge in [0, 0.05) is 43.3 Å². The van der Waals surface area contributed by atoms with E-state index in [-0.39, 0.29) is 5.75 Å². The molecule has 2 aromatic carbocycles. The lowest BCUT2D eigenvalue weighted by atomic mass is 10.2. The molecule has 0 bridgehead atoms. The summed E-state index contributed by atoms with van der Waals surface area (Å²) < 4.78 is 32.4. The molecule has 0 aliphatic carbocycles. The summed E-state index contributed by atoms with van der Waals surface area (Å²) in [4.78, 5) is 2.25. The Hall–Kier alpha value is -1.60. The Morgan fingerprint density at radius 2 is 1.58 bits per heavy atom. The third kappa shape index (κ3) is 4.57. The number of hydrogen-bond donors (Lipinski definition) is 0. The second kappa shape index (κ2) is 8.39. The van der Waals surface area contributed by atoms with Gasteiger partial charge in [0.15, 0.2) is 0 Å². The molecule has 7 heteroatoms. The quantitative estimate of drug-likeness (QED) is 0.755. The molecule has 26 heavy (non-hydrogen) atoms. The van der Waals surface area contributed by atoms with Crippen molar-refractivity contribution in [2.24, 2.45) is 0 Å². The molecule has 5 nitrogen and oxygen atoms in total. The molecule has 1 aliphatic rings. The van der Waals surface area contributed by atoms with Crippen LogP contribution >= 0.6 is 11.6 Å². The van der Waals surface area contributed by atoms with Crippen LogP contribution in [0.3, 0.4) is 0 Å². The summed E-state index contributed by atoms with van der Waals surface area (Å²) >= 11 is 6.11. The third-order valence-corrected chi connectivity index (χ3v) is 6.80. The number of ether oxygens (including phenoxy) is 1. The SMILES string of the molecule is COc1ccccc1CN1CCN(S(=O)(=O)Cc2ccccc2Cl)CC1. The Kier molecular flexibility index (Phi) is 6.19. The van der Waals surface area contributed by atoms with E-state index in [1.165, 1.54) is 0 Å². The number of para-hydroxylation sites is 1. The Bertz CT molecular complexity index is 849. The molecule has 2 aromatic rings. The van der Waals surface area contributed by atoms with Crippen molar-refractivity contribution in [3.8, 4) is 5.75 Å². The summed E-state index contributed by atoms with van der Waals surface area (Å²) in [6.45, 7) is 3.12. The zero-order chi connectivity index (χ0) is 18.6. The van der Waals surface area contributed by atoms with Crippen LogP contribution in [-0.2, 0) is 22.3 Å². The molecule has 1 fully saturated rings. The highest BCUT2D eigenvalue weighted by molar-refractivity contribution is 7.88. The smallest absolute Gasteiger partial charge is 0.218 e. The molecule has 0 amide bonds. The van der Waals surface area contributed by atoms with Crippen molar-refractivity contribution < 1.29 is 13.2 Å². The van der Waals surface area contributed by atoms with Gasteiger partial charge in [0.25, 0.3) is 0 Å². The Morgan fingerprint density at radius 3 is 2.23 bits per heavy atom. The summed E-state index contributed by atoms with van der Waals surface area (Å²) in [6.07, 6.45) is 0. The second-order valence-electron chi connectivity index (χ2n) is 6.33. The molecule has 0 saturated carbocycles. The van der Waals surface area contributed by atoms with Gasteiger partial charge in [0.2, 0.25) is 10.0 Å². The van der Waals surface area contributed by atoms with Crippen LogP contribution in [-0.4, -0.2) is 50.9 Å². The summed E-state index contributed by atoms with van der Waals surface area (Å²) in [7, 11) is -1.71. The van der Waals surface area contributed by atoms with Crippen LogP contribution in [0, 0.1) is 0 Å². The number of methoxy groups -OCH3 is 1. The fourth-order valence-electron chi connectivity index (χ4n) is 3.14. The molecule has 140 valence electrons. The van der Waals surface area contributed by atoms with E-state index < -0.39 is 10.0 Å². The van der Waals surface area contributed by atoms with E-state index in [1.54, 1.807) is 29.6 Å². The molecule has 0 aromatic heterocycles. The predicted molar refractivity (Wildman–Crippen MR) is 104 cm³/mol. The number of rotatable bonds is 6. The molecule has 1 heterocycles. The molecule has 3 rings (SSSR count). The second-order valence-corrected chi connectivity index (χ2v) is 8.71. The highest BCUT2D eigenvalue weighted by atomic mass is 35.5. The van der Waals surface area contributed by atoms with Crippen LogP contribution in [0.2, 0.25) is 5.02 Å². The van der Waals surface area contributed by atoms with E-state index in [2.05, 4.69) is 4.90 Å². The van der Waals surface area contributed by atoms with Gasteiger partial charge in [0.1, 0.15) is 5.75 Å². The average molecular weight is 395 g/mol. The van der Waals surface area contributed by atoms with E-state index in [0.717, 1.165) is 17.9 Å². The summed E-state index contributed by atoms with van der Waals surface area (Å²) in [5.41, 5.74) is 1.76. The molecular weight excluding hydrogens is 372 g/mol.